The van der Waals surface area contributed by atoms with Crippen LogP contribution in [0.1, 0.15) is 52.9 Å². The summed E-state index contributed by atoms with van der Waals surface area (Å²) in [4.78, 5) is 19.7. The highest BCUT2D eigenvalue weighted by Gasteiger charge is 2.28. The molecule has 2 aromatic rings. The minimum Gasteiger partial charge on any atom is -0.353 e. The Morgan fingerprint density at radius 3 is 2.69 bits per heavy atom. The molecule has 1 aliphatic heterocycles. The first-order chi connectivity index (χ1) is 12.6. The minimum absolute atomic E-state index is 0.133. The van der Waals surface area contributed by atoms with Gasteiger partial charge in [-0.3, -0.25) is 4.79 Å². The van der Waals surface area contributed by atoms with Gasteiger partial charge in [0.2, 0.25) is 11.9 Å². The third-order valence-corrected chi connectivity index (χ3v) is 5.52. The van der Waals surface area contributed by atoms with Crippen molar-refractivity contribution in [2.75, 3.05) is 18.0 Å². The van der Waals surface area contributed by atoms with Crippen LogP contribution in [0.15, 0.2) is 24.3 Å². The highest BCUT2D eigenvalue weighted by atomic mass is 16.1. The Kier molecular flexibility index (Phi) is 6.17. The van der Waals surface area contributed by atoms with Gasteiger partial charge in [-0.25, -0.2) is 4.98 Å². The van der Waals surface area contributed by atoms with Gasteiger partial charge in [-0.15, -0.1) is 0 Å². The fourth-order valence-electron chi connectivity index (χ4n) is 3.65. The number of piperidine rings is 1. The molecule has 2 heterocycles. The molecule has 3 rings (SSSR count). The minimum atomic E-state index is 0.133. The highest BCUT2D eigenvalue weighted by Crippen LogP contribution is 2.27. The van der Waals surface area contributed by atoms with Crippen molar-refractivity contribution in [1.29, 1.82) is 0 Å². The van der Waals surface area contributed by atoms with E-state index in [1.807, 2.05) is 0 Å². The summed E-state index contributed by atoms with van der Waals surface area (Å²) in [5.41, 5.74) is 2.28. The summed E-state index contributed by atoms with van der Waals surface area (Å²) in [5.74, 6) is 1.42. The maximum absolute atomic E-state index is 12.4. The van der Waals surface area contributed by atoms with E-state index in [0.717, 1.165) is 56.8 Å². The number of rotatable bonds is 7. The monoisotopic (exact) mass is 356 g/mol. The number of amides is 1. The van der Waals surface area contributed by atoms with E-state index in [1.165, 1.54) is 11.9 Å². The zero-order chi connectivity index (χ0) is 18.5. The number of unbranched alkanes of at least 4 members (excludes halogenated alkanes) is 1. The van der Waals surface area contributed by atoms with Crippen molar-refractivity contribution in [3.05, 3.63) is 24.3 Å². The first-order valence-electron chi connectivity index (χ1n) is 10.1. The first kappa shape index (κ1) is 18.7. The number of fused-ring (bicyclic) bond motifs is 1. The van der Waals surface area contributed by atoms with Crippen LogP contribution in [0.4, 0.5) is 5.95 Å². The average molecular weight is 357 g/mol. The Morgan fingerprint density at radius 1 is 1.27 bits per heavy atom. The van der Waals surface area contributed by atoms with Gasteiger partial charge in [0.15, 0.2) is 0 Å². The summed E-state index contributed by atoms with van der Waals surface area (Å²) in [7, 11) is 0. The summed E-state index contributed by atoms with van der Waals surface area (Å²) in [5, 5.41) is 3.14. The summed E-state index contributed by atoms with van der Waals surface area (Å²) < 4.78 is 2.36. The number of benzene rings is 1. The van der Waals surface area contributed by atoms with Gasteiger partial charge in [0.05, 0.1) is 11.0 Å². The lowest BCUT2D eigenvalue weighted by molar-refractivity contribution is -0.126. The van der Waals surface area contributed by atoms with Gasteiger partial charge < -0.3 is 14.8 Å². The number of carbonyl (C=O) groups excluding carboxylic acids is 1. The molecule has 0 aliphatic carbocycles. The largest absolute Gasteiger partial charge is 0.353 e. The number of hydrogen-bond acceptors (Lipinski definition) is 3. The summed E-state index contributed by atoms with van der Waals surface area (Å²) in [6.45, 7) is 9.19. The van der Waals surface area contributed by atoms with Crippen molar-refractivity contribution in [2.24, 2.45) is 5.92 Å². The average Bonchev–Trinajstić information content (AvgIpc) is 3.04. The van der Waals surface area contributed by atoms with Crippen molar-refractivity contribution in [3.8, 4) is 0 Å². The molecule has 1 fully saturated rings. The Balaban J connectivity index is 1.72. The van der Waals surface area contributed by atoms with Crippen molar-refractivity contribution < 1.29 is 4.79 Å². The first-order valence-corrected chi connectivity index (χ1v) is 10.1. The maximum Gasteiger partial charge on any atom is 0.223 e. The molecule has 0 bridgehead atoms. The molecule has 1 saturated heterocycles. The Bertz CT molecular complexity index is 731. The van der Waals surface area contributed by atoms with Gasteiger partial charge in [0.25, 0.3) is 0 Å². The smallest absolute Gasteiger partial charge is 0.223 e. The normalized spacial score (nSPS) is 16.8. The Labute approximate surface area is 156 Å². The molecule has 5 heteroatoms. The lowest BCUT2D eigenvalue weighted by atomic mass is 9.95. The van der Waals surface area contributed by atoms with E-state index in [2.05, 4.69) is 59.8 Å². The topological polar surface area (TPSA) is 50.2 Å². The summed E-state index contributed by atoms with van der Waals surface area (Å²) in [6.07, 6.45) is 5.11. The van der Waals surface area contributed by atoms with Crippen molar-refractivity contribution in [2.45, 2.75) is 65.5 Å². The van der Waals surface area contributed by atoms with Crippen LogP contribution in [0.3, 0.4) is 0 Å². The molecule has 1 aromatic heterocycles. The third-order valence-electron chi connectivity index (χ3n) is 5.52. The molecular formula is C21H32N4O. The molecule has 0 spiro atoms. The van der Waals surface area contributed by atoms with E-state index >= 15 is 0 Å². The molecule has 1 aromatic carbocycles. The molecule has 0 saturated carbocycles. The lowest BCUT2D eigenvalue weighted by Gasteiger charge is -2.33. The maximum atomic E-state index is 12.4. The molecule has 5 nitrogen and oxygen atoms in total. The van der Waals surface area contributed by atoms with Gasteiger partial charge in [0, 0.05) is 31.6 Å². The number of carbonyl (C=O) groups is 1. The Hall–Kier alpha value is -2.04. The van der Waals surface area contributed by atoms with E-state index in [-0.39, 0.29) is 17.9 Å². The van der Waals surface area contributed by atoms with Gasteiger partial charge >= 0.3 is 0 Å². The lowest BCUT2D eigenvalue weighted by Crippen LogP contribution is -2.43. The number of aromatic nitrogens is 2. The summed E-state index contributed by atoms with van der Waals surface area (Å²) >= 11 is 0. The molecule has 1 N–H and O–H groups in total. The SMILES string of the molecule is CCCCn1c(N2CCC(C(=O)N[C@@H](C)CC)CC2)nc2ccccc21. The number of aryl methyl sites for hydroxylation is 1. The molecular weight excluding hydrogens is 324 g/mol. The molecule has 26 heavy (non-hydrogen) atoms. The second kappa shape index (κ2) is 8.56. The Morgan fingerprint density at radius 2 is 2.00 bits per heavy atom. The number of hydrogen-bond donors (Lipinski definition) is 1. The van der Waals surface area contributed by atoms with Gasteiger partial charge in [-0.1, -0.05) is 32.4 Å². The second-order valence-corrected chi connectivity index (χ2v) is 7.48. The summed E-state index contributed by atoms with van der Waals surface area (Å²) in [6, 6.07) is 8.65. The van der Waals surface area contributed by atoms with Crippen LogP contribution < -0.4 is 10.2 Å². The highest BCUT2D eigenvalue weighted by molar-refractivity contribution is 5.80. The van der Waals surface area contributed by atoms with Crippen LogP contribution in [-0.2, 0) is 11.3 Å². The fourth-order valence-corrected chi connectivity index (χ4v) is 3.65. The number of imidazole rings is 1. The van der Waals surface area contributed by atoms with Crippen LogP contribution in [0.5, 0.6) is 0 Å². The van der Waals surface area contributed by atoms with Crippen molar-refractivity contribution in [3.63, 3.8) is 0 Å². The zero-order valence-electron chi connectivity index (χ0n) is 16.4. The molecule has 142 valence electrons. The molecule has 0 unspecified atom stereocenters. The van der Waals surface area contributed by atoms with E-state index in [9.17, 15) is 4.79 Å². The fraction of sp³-hybridized carbons (Fsp3) is 0.619. The van der Waals surface area contributed by atoms with Gasteiger partial charge in [-0.05, 0) is 44.7 Å². The number of anilines is 1. The zero-order valence-corrected chi connectivity index (χ0v) is 16.4. The second-order valence-electron chi connectivity index (χ2n) is 7.48. The number of nitrogens with zero attached hydrogens (tertiary/aromatic N) is 3. The van der Waals surface area contributed by atoms with Crippen molar-refractivity contribution in [1.82, 2.24) is 14.9 Å². The number of nitrogens with one attached hydrogen (secondary N) is 1. The van der Waals surface area contributed by atoms with Crippen LogP contribution in [-0.4, -0.2) is 34.6 Å². The number of para-hydroxylation sites is 2. The van der Waals surface area contributed by atoms with E-state index in [4.69, 9.17) is 4.98 Å². The van der Waals surface area contributed by atoms with E-state index in [0.29, 0.717) is 0 Å². The van der Waals surface area contributed by atoms with Gasteiger partial charge in [-0.2, -0.15) is 0 Å². The third kappa shape index (κ3) is 4.02. The predicted octanol–water partition coefficient (Wildman–Crippen LogP) is 3.97. The standard InChI is InChI=1S/C21H32N4O/c1-4-6-13-25-19-10-8-7-9-18(19)23-21(25)24-14-11-17(12-15-24)20(26)22-16(3)5-2/h7-10,16-17H,4-6,11-15H2,1-3H3,(H,22,26)/t16-/m0/s1. The van der Waals surface area contributed by atoms with Crippen LogP contribution in [0.2, 0.25) is 0 Å². The molecule has 0 radical (unpaired) electrons. The van der Waals surface area contributed by atoms with Crippen LogP contribution in [0.25, 0.3) is 11.0 Å². The van der Waals surface area contributed by atoms with E-state index < -0.39 is 0 Å². The molecule has 1 amide bonds. The van der Waals surface area contributed by atoms with Crippen LogP contribution in [0, 0.1) is 5.92 Å². The molecule has 1 atom stereocenters. The van der Waals surface area contributed by atoms with Crippen LogP contribution >= 0.6 is 0 Å². The predicted molar refractivity (Wildman–Crippen MR) is 107 cm³/mol. The van der Waals surface area contributed by atoms with Gasteiger partial charge in [0.1, 0.15) is 0 Å². The van der Waals surface area contributed by atoms with Crippen molar-refractivity contribution >= 4 is 22.9 Å². The quantitative estimate of drug-likeness (QED) is 0.817. The molecule has 1 aliphatic rings. The van der Waals surface area contributed by atoms with E-state index in [1.54, 1.807) is 0 Å².